The molecule has 0 saturated carbocycles. The smallest absolute Gasteiger partial charge is 0.222 e. The fourth-order valence-electron chi connectivity index (χ4n) is 2.99. The molecule has 1 aromatic carbocycles. The van der Waals surface area contributed by atoms with Gasteiger partial charge in [0.1, 0.15) is 5.75 Å². The summed E-state index contributed by atoms with van der Waals surface area (Å²) in [5.74, 6) is 1.58. The first-order valence-corrected chi connectivity index (χ1v) is 8.35. The second-order valence-corrected chi connectivity index (χ2v) is 6.18. The quantitative estimate of drug-likeness (QED) is 0.879. The van der Waals surface area contributed by atoms with Crippen LogP contribution in [0.1, 0.15) is 38.7 Å². The van der Waals surface area contributed by atoms with Crippen molar-refractivity contribution >= 4 is 5.91 Å². The van der Waals surface area contributed by atoms with E-state index in [4.69, 9.17) is 10.5 Å². The number of carbonyl (C=O) groups is 1. The molecule has 0 aromatic heterocycles. The maximum atomic E-state index is 12.4. The lowest BCUT2D eigenvalue weighted by Gasteiger charge is -2.34. The number of benzene rings is 1. The van der Waals surface area contributed by atoms with Crippen LogP contribution >= 0.6 is 0 Å². The Balaban J connectivity index is 1.81. The van der Waals surface area contributed by atoms with E-state index in [9.17, 15) is 4.79 Å². The normalized spacial score (nSPS) is 19.8. The molecule has 2 unspecified atom stereocenters. The number of amides is 1. The third-order valence-corrected chi connectivity index (χ3v) is 4.42. The molecule has 2 rings (SSSR count). The number of hydrogen-bond acceptors (Lipinski definition) is 3. The lowest BCUT2D eigenvalue weighted by Crippen LogP contribution is -2.45. The highest BCUT2D eigenvalue weighted by atomic mass is 16.5. The standard InChI is InChI=1S/C18H28N2O2/c1-3-22-17-9-6-15(7-10-17)8-11-18(21)20-12-4-5-16(13-20)14(2)19/h6-7,9-10,14,16H,3-5,8,11-13,19H2,1-2H3. The van der Waals surface area contributed by atoms with E-state index in [2.05, 4.69) is 0 Å². The number of carbonyl (C=O) groups excluding carboxylic acids is 1. The number of hydrogen-bond donors (Lipinski definition) is 1. The van der Waals surface area contributed by atoms with Gasteiger partial charge < -0.3 is 15.4 Å². The summed E-state index contributed by atoms with van der Waals surface area (Å²) in [6.45, 7) is 6.39. The second-order valence-electron chi connectivity index (χ2n) is 6.18. The molecule has 2 N–H and O–H groups in total. The number of aryl methyl sites for hydroxylation is 1. The van der Waals surface area contributed by atoms with Gasteiger partial charge in [0.05, 0.1) is 6.61 Å². The van der Waals surface area contributed by atoms with Crippen molar-refractivity contribution in [3.8, 4) is 5.75 Å². The lowest BCUT2D eigenvalue weighted by molar-refractivity contribution is -0.133. The highest BCUT2D eigenvalue weighted by Crippen LogP contribution is 2.20. The van der Waals surface area contributed by atoms with Crippen LogP contribution in [0.5, 0.6) is 5.75 Å². The van der Waals surface area contributed by atoms with Crippen LogP contribution in [0.3, 0.4) is 0 Å². The van der Waals surface area contributed by atoms with Gasteiger partial charge in [-0.15, -0.1) is 0 Å². The Labute approximate surface area is 133 Å². The highest BCUT2D eigenvalue weighted by Gasteiger charge is 2.25. The maximum Gasteiger partial charge on any atom is 0.222 e. The Morgan fingerprint density at radius 1 is 1.41 bits per heavy atom. The van der Waals surface area contributed by atoms with E-state index in [0.29, 0.717) is 18.9 Å². The molecular weight excluding hydrogens is 276 g/mol. The molecule has 1 heterocycles. The van der Waals surface area contributed by atoms with Crippen molar-refractivity contribution < 1.29 is 9.53 Å². The van der Waals surface area contributed by atoms with E-state index in [1.807, 2.05) is 43.0 Å². The van der Waals surface area contributed by atoms with E-state index in [1.54, 1.807) is 0 Å². The van der Waals surface area contributed by atoms with E-state index in [0.717, 1.165) is 38.1 Å². The molecule has 22 heavy (non-hydrogen) atoms. The first kappa shape index (κ1) is 16.8. The minimum Gasteiger partial charge on any atom is -0.494 e. The van der Waals surface area contributed by atoms with Crippen molar-refractivity contribution in [2.75, 3.05) is 19.7 Å². The molecule has 1 aliphatic heterocycles. The Morgan fingerprint density at radius 2 is 2.14 bits per heavy atom. The molecule has 1 aromatic rings. The van der Waals surface area contributed by atoms with Crippen molar-refractivity contribution in [2.24, 2.45) is 11.7 Å². The van der Waals surface area contributed by atoms with E-state index < -0.39 is 0 Å². The Kier molecular flexibility index (Phi) is 6.25. The summed E-state index contributed by atoms with van der Waals surface area (Å²) in [5, 5.41) is 0. The van der Waals surface area contributed by atoms with Gasteiger partial charge in [-0.1, -0.05) is 12.1 Å². The molecule has 0 spiro atoms. The van der Waals surface area contributed by atoms with Crippen molar-refractivity contribution in [3.05, 3.63) is 29.8 Å². The average Bonchev–Trinajstić information content (AvgIpc) is 2.54. The summed E-state index contributed by atoms with van der Waals surface area (Å²) in [4.78, 5) is 14.4. The second kappa shape index (κ2) is 8.18. The van der Waals surface area contributed by atoms with Crippen LogP contribution in [0.4, 0.5) is 0 Å². The largest absolute Gasteiger partial charge is 0.494 e. The van der Waals surface area contributed by atoms with Crippen LogP contribution in [0.25, 0.3) is 0 Å². The molecule has 4 heteroatoms. The van der Waals surface area contributed by atoms with Gasteiger partial charge in [-0.2, -0.15) is 0 Å². The molecule has 0 aliphatic carbocycles. The third kappa shape index (κ3) is 4.73. The van der Waals surface area contributed by atoms with Gasteiger partial charge in [-0.3, -0.25) is 4.79 Å². The molecule has 4 nitrogen and oxygen atoms in total. The first-order chi connectivity index (χ1) is 10.6. The number of likely N-dealkylation sites (tertiary alicyclic amines) is 1. The highest BCUT2D eigenvalue weighted by molar-refractivity contribution is 5.76. The molecule has 0 bridgehead atoms. The van der Waals surface area contributed by atoms with Crippen molar-refractivity contribution in [1.82, 2.24) is 4.90 Å². The summed E-state index contributed by atoms with van der Waals surface area (Å²) >= 11 is 0. The van der Waals surface area contributed by atoms with Gasteiger partial charge in [0.2, 0.25) is 5.91 Å². The first-order valence-electron chi connectivity index (χ1n) is 8.35. The zero-order valence-electron chi connectivity index (χ0n) is 13.8. The fourth-order valence-corrected chi connectivity index (χ4v) is 2.99. The SMILES string of the molecule is CCOc1ccc(CCC(=O)N2CCCC(C(C)N)C2)cc1. The van der Waals surface area contributed by atoms with Crippen LogP contribution in [0.2, 0.25) is 0 Å². The lowest BCUT2D eigenvalue weighted by atomic mass is 9.92. The van der Waals surface area contributed by atoms with Gasteiger partial charge in [-0.05, 0) is 56.7 Å². The molecule has 0 radical (unpaired) electrons. The van der Waals surface area contributed by atoms with Crippen LogP contribution in [-0.2, 0) is 11.2 Å². The van der Waals surface area contributed by atoms with Crippen molar-refractivity contribution in [1.29, 1.82) is 0 Å². The monoisotopic (exact) mass is 304 g/mol. The summed E-state index contributed by atoms with van der Waals surface area (Å²) in [5.41, 5.74) is 7.16. The molecule has 1 fully saturated rings. The van der Waals surface area contributed by atoms with E-state index in [1.165, 1.54) is 5.56 Å². The summed E-state index contributed by atoms with van der Waals surface area (Å²) < 4.78 is 5.43. The zero-order valence-corrected chi connectivity index (χ0v) is 13.8. The molecule has 2 atom stereocenters. The maximum absolute atomic E-state index is 12.4. The average molecular weight is 304 g/mol. The molecular formula is C18H28N2O2. The number of nitrogens with two attached hydrogens (primary N) is 1. The minimum absolute atomic E-state index is 0.168. The van der Waals surface area contributed by atoms with Gasteiger partial charge in [-0.25, -0.2) is 0 Å². The third-order valence-electron chi connectivity index (χ3n) is 4.42. The van der Waals surface area contributed by atoms with E-state index in [-0.39, 0.29) is 11.9 Å². The summed E-state index contributed by atoms with van der Waals surface area (Å²) in [7, 11) is 0. The Bertz CT molecular complexity index is 470. The van der Waals surface area contributed by atoms with E-state index >= 15 is 0 Å². The minimum atomic E-state index is 0.168. The summed E-state index contributed by atoms with van der Waals surface area (Å²) in [6, 6.07) is 8.19. The fraction of sp³-hybridized carbons (Fsp3) is 0.611. The van der Waals surface area contributed by atoms with Crippen LogP contribution in [0.15, 0.2) is 24.3 Å². The number of ether oxygens (including phenoxy) is 1. The van der Waals surface area contributed by atoms with Crippen LogP contribution in [0, 0.1) is 5.92 Å². The topological polar surface area (TPSA) is 55.6 Å². The van der Waals surface area contributed by atoms with Gasteiger partial charge in [0.25, 0.3) is 0 Å². The predicted octanol–water partition coefficient (Wildman–Crippen LogP) is 2.60. The van der Waals surface area contributed by atoms with Gasteiger partial charge in [0.15, 0.2) is 0 Å². The predicted molar refractivity (Wildman–Crippen MR) is 88.9 cm³/mol. The van der Waals surface area contributed by atoms with Gasteiger partial charge in [0, 0.05) is 25.6 Å². The summed E-state index contributed by atoms with van der Waals surface area (Å²) in [6.07, 6.45) is 3.56. The molecule has 122 valence electrons. The number of rotatable bonds is 6. The van der Waals surface area contributed by atoms with Crippen LogP contribution in [-0.4, -0.2) is 36.5 Å². The Morgan fingerprint density at radius 3 is 2.77 bits per heavy atom. The Hall–Kier alpha value is -1.55. The van der Waals surface area contributed by atoms with Gasteiger partial charge >= 0.3 is 0 Å². The number of piperidine rings is 1. The molecule has 1 amide bonds. The number of nitrogens with zero attached hydrogens (tertiary/aromatic N) is 1. The molecule has 1 aliphatic rings. The van der Waals surface area contributed by atoms with Crippen molar-refractivity contribution in [3.63, 3.8) is 0 Å². The van der Waals surface area contributed by atoms with Crippen LogP contribution < -0.4 is 10.5 Å². The van der Waals surface area contributed by atoms with Crippen molar-refractivity contribution in [2.45, 2.75) is 45.6 Å². The molecule has 1 saturated heterocycles. The zero-order chi connectivity index (χ0) is 15.9.